The van der Waals surface area contributed by atoms with Gasteiger partial charge in [-0.2, -0.15) is 0 Å². The van der Waals surface area contributed by atoms with Crippen LogP contribution in [0.3, 0.4) is 0 Å². The molecule has 8 heteroatoms. The van der Waals surface area contributed by atoms with Crippen LogP contribution in [0.25, 0.3) is 0 Å². The summed E-state index contributed by atoms with van der Waals surface area (Å²) in [5.74, 6) is 0.942. The van der Waals surface area contributed by atoms with Crippen LogP contribution >= 0.6 is 12.4 Å². The molecule has 1 aromatic rings. The molecule has 0 bridgehead atoms. The zero-order valence-electron chi connectivity index (χ0n) is 16.6. The lowest BCUT2D eigenvalue weighted by Crippen LogP contribution is -2.48. The lowest BCUT2D eigenvalue weighted by Gasteiger charge is -2.34. The van der Waals surface area contributed by atoms with Gasteiger partial charge in [0, 0.05) is 26.2 Å². The largest absolute Gasteiger partial charge is 0.342 e. The monoisotopic (exact) mass is 424 g/mol. The van der Waals surface area contributed by atoms with E-state index in [9.17, 15) is 14.0 Å². The summed E-state index contributed by atoms with van der Waals surface area (Å²) >= 11 is 0. The molecule has 3 atom stereocenters. The van der Waals surface area contributed by atoms with E-state index in [1.54, 1.807) is 23.1 Å². The van der Waals surface area contributed by atoms with Crippen LogP contribution in [0.4, 0.5) is 14.9 Å². The van der Waals surface area contributed by atoms with Gasteiger partial charge in [-0.15, -0.1) is 12.4 Å². The van der Waals surface area contributed by atoms with Crippen molar-refractivity contribution in [2.75, 3.05) is 44.6 Å². The number of likely N-dealkylation sites (tertiary alicyclic amines) is 2. The van der Waals surface area contributed by atoms with Crippen molar-refractivity contribution in [3.05, 3.63) is 30.1 Å². The van der Waals surface area contributed by atoms with Gasteiger partial charge in [0.2, 0.25) is 5.91 Å². The standard InChI is InChI=1S/C21H29FN4O2.ClH/c22-18-5-1-2-6-19(18)24-21(28)26-9-3-4-17(14-26)20(27)25-10-7-15-12-23-13-16(15)8-11-25;/h1-2,5-6,15-17,23H,3-4,7-14H2,(H,24,28);1H/t15-,16+,17?;. The van der Waals surface area contributed by atoms with E-state index < -0.39 is 5.82 Å². The number of nitrogens with one attached hydrogen (secondary N) is 2. The summed E-state index contributed by atoms with van der Waals surface area (Å²) < 4.78 is 13.8. The number of para-hydroxylation sites is 1. The van der Waals surface area contributed by atoms with Crippen molar-refractivity contribution in [1.82, 2.24) is 15.1 Å². The van der Waals surface area contributed by atoms with Crippen LogP contribution in [0.2, 0.25) is 0 Å². The molecule has 0 aromatic heterocycles. The number of hydrogen-bond donors (Lipinski definition) is 2. The molecule has 29 heavy (non-hydrogen) atoms. The number of piperidine rings is 1. The Morgan fingerprint density at radius 2 is 1.69 bits per heavy atom. The van der Waals surface area contributed by atoms with Gasteiger partial charge in [-0.1, -0.05) is 12.1 Å². The van der Waals surface area contributed by atoms with Gasteiger partial charge in [0.05, 0.1) is 11.6 Å². The minimum absolute atomic E-state index is 0. The van der Waals surface area contributed by atoms with E-state index in [0.717, 1.165) is 51.9 Å². The Morgan fingerprint density at radius 1 is 1.00 bits per heavy atom. The Bertz CT molecular complexity index is 720. The van der Waals surface area contributed by atoms with Gasteiger partial charge in [0.15, 0.2) is 0 Å². The fraction of sp³-hybridized carbons (Fsp3) is 0.619. The van der Waals surface area contributed by atoms with Gasteiger partial charge in [0.1, 0.15) is 5.82 Å². The van der Waals surface area contributed by atoms with E-state index in [1.165, 1.54) is 6.07 Å². The summed E-state index contributed by atoms with van der Waals surface area (Å²) in [4.78, 5) is 29.3. The van der Waals surface area contributed by atoms with Gasteiger partial charge in [0.25, 0.3) is 0 Å². The molecule has 3 heterocycles. The molecule has 0 spiro atoms. The lowest BCUT2D eigenvalue weighted by atomic mass is 9.92. The van der Waals surface area contributed by atoms with Crippen LogP contribution in [-0.2, 0) is 4.79 Å². The molecule has 3 fully saturated rings. The highest BCUT2D eigenvalue weighted by Crippen LogP contribution is 2.29. The summed E-state index contributed by atoms with van der Waals surface area (Å²) in [6.07, 6.45) is 3.73. The van der Waals surface area contributed by atoms with Crippen LogP contribution in [-0.4, -0.2) is 61.0 Å². The molecule has 1 unspecified atom stereocenters. The highest BCUT2D eigenvalue weighted by Gasteiger charge is 2.35. The van der Waals surface area contributed by atoms with E-state index in [0.29, 0.717) is 24.9 Å². The maximum atomic E-state index is 13.8. The topological polar surface area (TPSA) is 64.7 Å². The molecular formula is C21H30ClFN4O2. The number of rotatable bonds is 2. The Kier molecular flexibility index (Phi) is 7.35. The molecule has 6 nitrogen and oxygen atoms in total. The van der Waals surface area contributed by atoms with Crippen molar-refractivity contribution >= 4 is 30.0 Å². The first kappa shape index (κ1) is 21.8. The van der Waals surface area contributed by atoms with E-state index in [-0.39, 0.29) is 36.0 Å². The number of urea groups is 1. The molecule has 0 aliphatic carbocycles. The van der Waals surface area contributed by atoms with Crippen molar-refractivity contribution in [1.29, 1.82) is 0 Å². The minimum Gasteiger partial charge on any atom is -0.342 e. The number of benzene rings is 1. The number of carbonyl (C=O) groups excluding carboxylic acids is 2. The molecule has 0 saturated carbocycles. The summed E-state index contributed by atoms with van der Waals surface area (Å²) in [5, 5.41) is 6.10. The number of amides is 3. The van der Waals surface area contributed by atoms with Crippen molar-refractivity contribution < 1.29 is 14.0 Å². The van der Waals surface area contributed by atoms with E-state index in [2.05, 4.69) is 10.6 Å². The van der Waals surface area contributed by atoms with Crippen molar-refractivity contribution in [3.8, 4) is 0 Å². The highest BCUT2D eigenvalue weighted by molar-refractivity contribution is 5.90. The summed E-state index contributed by atoms with van der Waals surface area (Å²) in [6, 6.07) is 5.81. The molecular weight excluding hydrogens is 395 g/mol. The van der Waals surface area contributed by atoms with Crippen molar-refractivity contribution in [2.45, 2.75) is 25.7 Å². The molecule has 3 aliphatic rings. The average molecular weight is 425 g/mol. The van der Waals surface area contributed by atoms with Gasteiger partial charge < -0.3 is 20.4 Å². The first-order valence-electron chi connectivity index (χ1n) is 10.4. The third kappa shape index (κ3) is 5.01. The number of hydrogen-bond acceptors (Lipinski definition) is 3. The molecule has 0 radical (unpaired) electrons. The van der Waals surface area contributed by atoms with E-state index in [1.807, 2.05) is 4.90 Å². The first-order valence-corrected chi connectivity index (χ1v) is 10.4. The van der Waals surface area contributed by atoms with E-state index >= 15 is 0 Å². The van der Waals surface area contributed by atoms with Gasteiger partial charge in [-0.3, -0.25) is 4.79 Å². The Hall–Kier alpha value is -1.86. The minimum atomic E-state index is -0.454. The van der Waals surface area contributed by atoms with E-state index in [4.69, 9.17) is 0 Å². The molecule has 3 aliphatic heterocycles. The molecule has 3 saturated heterocycles. The molecule has 2 N–H and O–H groups in total. The van der Waals surface area contributed by atoms with Gasteiger partial charge >= 0.3 is 6.03 Å². The Balaban J connectivity index is 0.00000240. The summed E-state index contributed by atoms with van der Waals surface area (Å²) in [5.41, 5.74) is 0.175. The normalized spacial score (nSPS) is 26.9. The number of fused-ring (bicyclic) bond motifs is 1. The molecule has 3 amide bonds. The fourth-order valence-electron chi connectivity index (χ4n) is 4.82. The summed E-state index contributed by atoms with van der Waals surface area (Å²) in [6.45, 7) is 4.78. The second kappa shape index (κ2) is 9.76. The third-order valence-electron chi connectivity index (χ3n) is 6.50. The van der Waals surface area contributed by atoms with Gasteiger partial charge in [-0.05, 0) is 62.7 Å². The summed E-state index contributed by atoms with van der Waals surface area (Å²) in [7, 11) is 0. The second-order valence-corrected chi connectivity index (χ2v) is 8.28. The smallest absolute Gasteiger partial charge is 0.321 e. The predicted molar refractivity (Wildman–Crippen MR) is 113 cm³/mol. The third-order valence-corrected chi connectivity index (χ3v) is 6.50. The molecule has 4 rings (SSSR count). The Morgan fingerprint density at radius 3 is 2.38 bits per heavy atom. The first-order chi connectivity index (χ1) is 13.6. The van der Waals surface area contributed by atoms with Crippen LogP contribution in [0.5, 0.6) is 0 Å². The van der Waals surface area contributed by atoms with Crippen molar-refractivity contribution in [2.24, 2.45) is 17.8 Å². The van der Waals surface area contributed by atoms with Crippen LogP contribution in [0.1, 0.15) is 25.7 Å². The number of nitrogens with zero attached hydrogens (tertiary/aromatic N) is 2. The fourth-order valence-corrected chi connectivity index (χ4v) is 4.82. The zero-order valence-corrected chi connectivity index (χ0v) is 17.4. The van der Waals surface area contributed by atoms with Crippen LogP contribution < -0.4 is 10.6 Å². The van der Waals surface area contributed by atoms with Crippen molar-refractivity contribution in [3.63, 3.8) is 0 Å². The average Bonchev–Trinajstić information content (AvgIpc) is 3.07. The number of carbonyl (C=O) groups is 2. The lowest BCUT2D eigenvalue weighted by molar-refractivity contribution is -0.136. The maximum absolute atomic E-state index is 13.8. The zero-order chi connectivity index (χ0) is 19.5. The van der Waals surface area contributed by atoms with Crippen LogP contribution in [0.15, 0.2) is 24.3 Å². The molecule has 1 aromatic carbocycles. The predicted octanol–water partition coefficient (Wildman–Crippen LogP) is 2.95. The van der Waals surface area contributed by atoms with Gasteiger partial charge in [-0.25, -0.2) is 9.18 Å². The second-order valence-electron chi connectivity index (χ2n) is 8.28. The highest BCUT2D eigenvalue weighted by atomic mass is 35.5. The number of anilines is 1. The number of halogens is 2. The van der Waals surface area contributed by atoms with Crippen LogP contribution in [0, 0.1) is 23.6 Å². The molecule has 160 valence electrons. The maximum Gasteiger partial charge on any atom is 0.321 e. The quantitative estimate of drug-likeness (QED) is 0.767. The SMILES string of the molecule is Cl.O=C(Nc1ccccc1F)N1CCCC(C(=O)N2CC[C@@H]3CNC[C@@H]3CC2)C1. The Labute approximate surface area is 177 Å².